The first-order chi connectivity index (χ1) is 9.63. The Morgan fingerprint density at radius 2 is 2.10 bits per heavy atom. The molecule has 2 aromatic rings. The zero-order valence-electron chi connectivity index (χ0n) is 11.4. The lowest BCUT2D eigenvalue weighted by Crippen LogP contribution is -2.05. The van der Waals surface area contributed by atoms with Crippen molar-refractivity contribution < 1.29 is 0 Å². The second kappa shape index (κ2) is 5.30. The molecule has 1 aromatic carbocycles. The molecule has 0 radical (unpaired) electrons. The molecule has 1 heterocycles. The molecule has 1 aliphatic rings. The van der Waals surface area contributed by atoms with Crippen LogP contribution in [-0.4, -0.2) is 9.55 Å². The third-order valence-corrected chi connectivity index (χ3v) is 4.43. The fourth-order valence-electron chi connectivity index (χ4n) is 2.52. The van der Waals surface area contributed by atoms with E-state index in [2.05, 4.69) is 11.5 Å². The van der Waals surface area contributed by atoms with Crippen molar-refractivity contribution in [2.75, 3.05) is 5.73 Å². The highest BCUT2D eigenvalue weighted by atomic mass is 35.5. The van der Waals surface area contributed by atoms with E-state index in [1.807, 2.05) is 12.1 Å². The molecule has 0 atom stereocenters. The molecule has 0 unspecified atom stereocenters. The van der Waals surface area contributed by atoms with E-state index in [1.54, 1.807) is 6.07 Å². The van der Waals surface area contributed by atoms with E-state index < -0.39 is 0 Å². The highest BCUT2D eigenvalue weighted by Crippen LogP contribution is 2.43. The SMILES string of the molecule is CCCc1nc(-c2cccc(Cl)c2Cl)c(N)n1C1CC1. The number of nitrogens with two attached hydrogens (primary N) is 1. The van der Waals surface area contributed by atoms with Crippen molar-refractivity contribution in [3.05, 3.63) is 34.1 Å². The number of nitrogen functional groups attached to an aromatic ring is 1. The molecule has 20 heavy (non-hydrogen) atoms. The Labute approximate surface area is 128 Å². The van der Waals surface area contributed by atoms with Gasteiger partial charge in [-0.05, 0) is 25.3 Å². The van der Waals surface area contributed by atoms with E-state index in [-0.39, 0.29) is 0 Å². The number of nitrogens with zero attached hydrogens (tertiary/aromatic N) is 2. The maximum atomic E-state index is 6.33. The van der Waals surface area contributed by atoms with Crippen LogP contribution >= 0.6 is 23.2 Å². The van der Waals surface area contributed by atoms with Crippen molar-refractivity contribution >= 4 is 29.0 Å². The van der Waals surface area contributed by atoms with Gasteiger partial charge in [-0.15, -0.1) is 0 Å². The molecule has 3 nitrogen and oxygen atoms in total. The van der Waals surface area contributed by atoms with Gasteiger partial charge in [0, 0.05) is 18.0 Å². The van der Waals surface area contributed by atoms with Gasteiger partial charge in [0.25, 0.3) is 0 Å². The lowest BCUT2D eigenvalue weighted by molar-refractivity contribution is 0.676. The Hall–Kier alpha value is -1.19. The Morgan fingerprint density at radius 3 is 2.75 bits per heavy atom. The average molecular weight is 310 g/mol. The second-order valence-corrected chi connectivity index (χ2v) is 6.00. The molecule has 0 saturated heterocycles. The van der Waals surface area contributed by atoms with E-state index in [9.17, 15) is 0 Å². The summed E-state index contributed by atoms with van der Waals surface area (Å²) in [6, 6.07) is 6.07. The summed E-state index contributed by atoms with van der Waals surface area (Å²) >= 11 is 12.4. The smallest absolute Gasteiger partial charge is 0.132 e. The maximum absolute atomic E-state index is 6.33. The Bertz CT molecular complexity index is 645. The van der Waals surface area contributed by atoms with Crippen LogP contribution in [-0.2, 0) is 6.42 Å². The van der Waals surface area contributed by atoms with Crippen molar-refractivity contribution in [1.82, 2.24) is 9.55 Å². The monoisotopic (exact) mass is 309 g/mol. The highest BCUT2D eigenvalue weighted by molar-refractivity contribution is 6.43. The third-order valence-electron chi connectivity index (χ3n) is 3.61. The van der Waals surface area contributed by atoms with Crippen LogP contribution in [0.1, 0.15) is 38.1 Å². The Balaban J connectivity index is 2.14. The quantitative estimate of drug-likeness (QED) is 0.887. The first-order valence-corrected chi connectivity index (χ1v) is 7.70. The summed E-state index contributed by atoms with van der Waals surface area (Å²) in [5.74, 6) is 1.76. The van der Waals surface area contributed by atoms with Crippen LogP contribution in [0, 0.1) is 0 Å². The predicted molar refractivity (Wildman–Crippen MR) is 84.4 cm³/mol. The minimum absolute atomic E-state index is 0.510. The van der Waals surface area contributed by atoms with Crippen LogP contribution in [0.25, 0.3) is 11.3 Å². The summed E-state index contributed by atoms with van der Waals surface area (Å²) in [5, 5.41) is 1.05. The topological polar surface area (TPSA) is 43.8 Å². The van der Waals surface area contributed by atoms with Gasteiger partial charge in [0.2, 0.25) is 0 Å². The number of imidazole rings is 1. The van der Waals surface area contributed by atoms with Crippen molar-refractivity contribution in [3.8, 4) is 11.3 Å². The summed E-state index contributed by atoms with van der Waals surface area (Å²) in [4.78, 5) is 4.73. The van der Waals surface area contributed by atoms with E-state index in [1.165, 1.54) is 12.8 Å². The normalized spacial score (nSPS) is 14.8. The number of aryl methyl sites for hydroxylation is 1. The maximum Gasteiger partial charge on any atom is 0.132 e. The standard InChI is InChI=1S/C15H17Cl2N3/c1-2-4-12-19-14(15(18)20(12)9-7-8-9)10-5-3-6-11(16)13(10)17/h3,5-6,9H,2,4,7-8,18H2,1H3. The van der Waals surface area contributed by atoms with E-state index in [0.29, 0.717) is 21.9 Å². The molecule has 0 spiro atoms. The number of hydrogen-bond acceptors (Lipinski definition) is 2. The van der Waals surface area contributed by atoms with Crippen molar-refractivity contribution in [3.63, 3.8) is 0 Å². The average Bonchev–Trinajstić information content (AvgIpc) is 3.20. The van der Waals surface area contributed by atoms with E-state index in [0.717, 1.165) is 29.9 Å². The van der Waals surface area contributed by atoms with Crippen LogP contribution in [0.4, 0.5) is 5.82 Å². The van der Waals surface area contributed by atoms with Crippen LogP contribution in [0.5, 0.6) is 0 Å². The molecule has 1 aliphatic carbocycles. The van der Waals surface area contributed by atoms with E-state index in [4.69, 9.17) is 33.9 Å². The minimum atomic E-state index is 0.510. The zero-order chi connectivity index (χ0) is 14.3. The zero-order valence-corrected chi connectivity index (χ0v) is 12.9. The largest absolute Gasteiger partial charge is 0.383 e. The summed E-state index contributed by atoms with van der Waals surface area (Å²) < 4.78 is 2.18. The Kier molecular flexibility index (Phi) is 3.65. The third kappa shape index (κ3) is 2.29. The number of aromatic nitrogens is 2. The number of hydrogen-bond donors (Lipinski definition) is 1. The van der Waals surface area contributed by atoms with Crippen molar-refractivity contribution in [2.45, 2.75) is 38.6 Å². The van der Waals surface area contributed by atoms with Crippen LogP contribution < -0.4 is 5.73 Å². The molecule has 1 aromatic heterocycles. The summed E-state index contributed by atoms with van der Waals surface area (Å²) in [6.45, 7) is 2.15. The van der Waals surface area contributed by atoms with Gasteiger partial charge in [0.05, 0.1) is 10.0 Å². The molecular formula is C15H17Cl2N3. The molecular weight excluding hydrogens is 293 g/mol. The van der Waals surface area contributed by atoms with Crippen LogP contribution in [0.2, 0.25) is 10.0 Å². The minimum Gasteiger partial charge on any atom is -0.383 e. The number of halogens is 2. The van der Waals surface area contributed by atoms with E-state index >= 15 is 0 Å². The second-order valence-electron chi connectivity index (χ2n) is 5.21. The summed E-state index contributed by atoms with van der Waals surface area (Å²) in [7, 11) is 0. The van der Waals surface area contributed by atoms with Gasteiger partial charge in [0.1, 0.15) is 17.3 Å². The van der Waals surface area contributed by atoms with Crippen molar-refractivity contribution in [1.29, 1.82) is 0 Å². The fourth-order valence-corrected chi connectivity index (χ4v) is 2.91. The number of anilines is 1. The molecule has 5 heteroatoms. The first kappa shape index (κ1) is 13.8. The molecule has 0 aliphatic heterocycles. The molecule has 0 bridgehead atoms. The van der Waals surface area contributed by atoms with Gasteiger partial charge < -0.3 is 10.3 Å². The van der Waals surface area contributed by atoms with Crippen molar-refractivity contribution in [2.24, 2.45) is 0 Å². The summed E-state index contributed by atoms with van der Waals surface area (Å²) in [6.07, 6.45) is 4.34. The first-order valence-electron chi connectivity index (χ1n) is 6.94. The van der Waals surface area contributed by atoms with Crippen LogP contribution in [0.3, 0.4) is 0 Å². The molecule has 0 amide bonds. The van der Waals surface area contributed by atoms with Gasteiger partial charge in [-0.3, -0.25) is 0 Å². The van der Waals surface area contributed by atoms with Gasteiger partial charge >= 0.3 is 0 Å². The molecule has 1 fully saturated rings. The molecule has 106 valence electrons. The van der Waals surface area contributed by atoms with Gasteiger partial charge in [-0.1, -0.05) is 42.3 Å². The van der Waals surface area contributed by atoms with Gasteiger partial charge in [-0.2, -0.15) is 0 Å². The van der Waals surface area contributed by atoms with Crippen LogP contribution in [0.15, 0.2) is 18.2 Å². The number of benzene rings is 1. The molecule has 3 rings (SSSR count). The molecule has 1 saturated carbocycles. The summed E-state index contributed by atoms with van der Waals surface area (Å²) in [5.41, 5.74) is 7.90. The fraction of sp³-hybridized carbons (Fsp3) is 0.400. The highest BCUT2D eigenvalue weighted by Gasteiger charge is 2.30. The predicted octanol–water partition coefficient (Wildman–Crippen LogP) is 4.73. The lowest BCUT2D eigenvalue weighted by Gasteiger charge is -2.08. The van der Waals surface area contributed by atoms with Gasteiger partial charge in [-0.25, -0.2) is 4.98 Å². The number of rotatable bonds is 4. The lowest BCUT2D eigenvalue weighted by atomic mass is 10.1. The Morgan fingerprint density at radius 1 is 1.35 bits per heavy atom. The van der Waals surface area contributed by atoms with Gasteiger partial charge in [0.15, 0.2) is 0 Å². The molecule has 2 N–H and O–H groups in total.